The van der Waals surface area contributed by atoms with Crippen LogP contribution < -0.4 is 0 Å². The van der Waals surface area contributed by atoms with Gasteiger partial charge in [0.25, 0.3) is 0 Å². The predicted octanol–water partition coefficient (Wildman–Crippen LogP) is 3.71. The largest absolute Gasteiger partial charge is 0.459 e. The van der Waals surface area contributed by atoms with Crippen LogP contribution in [0.3, 0.4) is 0 Å². The number of rotatable bonds is 6. The molecule has 0 saturated heterocycles. The van der Waals surface area contributed by atoms with Crippen LogP contribution >= 0.6 is 0 Å². The topological polar surface area (TPSA) is 47.4 Å². The SMILES string of the molecule is CC(C)OC(=O)c1cccc(Cn2c(CN(C)C)nc3ccccc32)c1. The molecule has 26 heavy (non-hydrogen) atoms. The van der Waals surface area contributed by atoms with E-state index in [1.807, 2.05) is 64.3 Å². The zero-order chi connectivity index (χ0) is 18.7. The summed E-state index contributed by atoms with van der Waals surface area (Å²) in [4.78, 5) is 19.1. The second kappa shape index (κ2) is 7.70. The Balaban J connectivity index is 1.94. The van der Waals surface area contributed by atoms with Crippen molar-refractivity contribution in [2.45, 2.75) is 33.0 Å². The van der Waals surface area contributed by atoms with Crippen LogP contribution in [0.15, 0.2) is 48.5 Å². The van der Waals surface area contributed by atoms with Crippen molar-refractivity contribution in [2.75, 3.05) is 14.1 Å². The van der Waals surface area contributed by atoms with Crippen LogP contribution in [0.2, 0.25) is 0 Å². The maximum absolute atomic E-state index is 12.2. The van der Waals surface area contributed by atoms with Gasteiger partial charge in [0, 0.05) is 6.54 Å². The van der Waals surface area contributed by atoms with Gasteiger partial charge in [0.05, 0.1) is 29.2 Å². The minimum absolute atomic E-state index is 0.129. The number of fused-ring (bicyclic) bond motifs is 1. The molecule has 0 aliphatic rings. The Kier molecular flexibility index (Phi) is 5.38. The molecule has 0 spiro atoms. The minimum atomic E-state index is -0.286. The molecule has 136 valence electrons. The van der Waals surface area contributed by atoms with Gasteiger partial charge in [0.1, 0.15) is 5.82 Å². The summed E-state index contributed by atoms with van der Waals surface area (Å²) in [7, 11) is 4.07. The zero-order valence-corrected chi connectivity index (χ0v) is 15.8. The Morgan fingerprint density at radius 3 is 2.65 bits per heavy atom. The number of aromatic nitrogens is 2. The number of para-hydroxylation sites is 2. The fraction of sp³-hybridized carbons (Fsp3) is 0.333. The van der Waals surface area contributed by atoms with Gasteiger partial charge in [-0.05, 0) is 57.8 Å². The van der Waals surface area contributed by atoms with E-state index in [0.29, 0.717) is 12.1 Å². The highest BCUT2D eigenvalue weighted by atomic mass is 16.5. The van der Waals surface area contributed by atoms with Crippen molar-refractivity contribution in [1.29, 1.82) is 0 Å². The molecule has 2 aromatic carbocycles. The van der Waals surface area contributed by atoms with Gasteiger partial charge < -0.3 is 14.2 Å². The Hall–Kier alpha value is -2.66. The first-order valence-electron chi connectivity index (χ1n) is 8.83. The van der Waals surface area contributed by atoms with Crippen molar-refractivity contribution in [3.05, 3.63) is 65.5 Å². The monoisotopic (exact) mass is 351 g/mol. The molecule has 3 aromatic rings. The van der Waals surface area contributed by atoms with Crippen LogP contribution in [0.5, 0.6) is 0 Å². The van der Waals surface area contributed by atoms with E-state index in [1.54, 1.807) is 6.07 Å². The average molecular weight is 351 g/mol. The van der Waals surface area contributed by atoms with E-state index in [2.05, 4.69) is 15.5 Å². The van der Waals surface area contributed by atoms with Crippen LogP contribution in [-0.4, -0.2) is 40.6 Å². The lowest BCUT2D eigenvalue weighted by atomic mass is 10.1. The van der Waals surface area contributed by atoms with Crippen LogP contribution in [0.1, 0.15) is 35.6 Å². The van der Waals surface area contributed by atoms with Gasteiger partial charge in [-0.1, -0.05) is 24.3 Å². The Labute approximate surface area is 154 Å². The Morgan fingerprint density at radius 1 is 1.15 bits per heavy atom. The summed E-state index contributed by atoms with van der Waals surface area (Å²) < 4.78 is 7.52. The van der Waals surface area contributed by atoms with Crippen LogP contribution in [-0.2, 0) is 17.8 Å². The highest BCUT2D eigenvalue weighted by Crippen LogP contribution is 2.19. The lowest BCUT2D eigenvalue weighted by Crippen LogP contribution is -2.16. The first kappa shape index (κ1) is 18.1. The number of benzene rings is 2. The van der Waals surface area contributed by atoms with Crippen molar-refractivity contribution in [3.8, 4) is 0 Å². The summed E-state index contributed by atoms with van der Waals surface area (Å²) in [5.41, 5.74) is 3.71. The summed E-state index contributed by atoms with van der Waals surface area (Å²) in [5.74, 6) is 0.720. The van der Waals surface area contributed by atoms with Gasteiger partial charge in [0.15, 0.2) is 0 Å². The van der Waals surface area contributed by atoms with Crippen molar-refractivity contribution in [2.24, 2.45) is 0 Å². The molecule has 1 heterocycles. The van der Waals surface area contributed by atoms with Gasteiger partial charge in [0.2, 0.25) is 0 Å². The lowest BCUT2D eigenvalue weighted by Gasteiger charge is -2.14. The molecule has 5 nitrogen and oxygen atoms in total. The molecular weight excluding hydrogens is 326 g/mol. The highest BCUT2D eigenvalue weighted by molar-refractivity contribution is 5.89. The molecule has 0 fully saturated rings. The summed E-state index contributed by atoms with van der Waals surface area (Å²) in [6.07, 6.45) is -0.129. The molecule has 0 atom stereocenters. The lowest BCUT2D eigenvalue weighted by molar-refractivity contribution is 0.0378. The third-order valence-corrected chi connectivity index (χ3v) is 4.04. The van der Waals surface area contributed by atoms with Crippen LogP contribution in [0, 0.1) is 0 Å². The van der Waals surface area contributed by atoms with Crippen molar-refractivity contribution < 1.29 is 9.53 Å². The second-order valence-electron chi connectivity index (χ2n) is 7.00. The van der Waals surface area contributed by atoms with Gasteiger partial charge >= 0.3 is 5.97 Å². The maximum atomic E-state index is 12.2. The highest BCUT2D eigenvalue weighted by Gasteiger charge is 2.13. The molecule has 3 rings (SSSR count). The maximum Gasteiger partial charge on any atom is 0.338 e. The van der Waals surface area contributed by atoms with Gasteiger partial charge in [-0.2, -0.15) is 0 Å². The third-order valence-electron chi connectivity index (χ3n) is 4.04. The van der Waals surface area contributed by atoms with Gasteiger partial charge in [-0.25, -0.2) is 9.78 Å². The summed E-state index contributed by atoms with van der Waals surface area (Å²) in [6, 6.07) is 15.8. The molecule has 0 unspecified atom stereocenters. The molecule has 0 saturated carbocycles. The van der Waals surface area contributed by atoms with Crippen LogP contribution in [0.4, 0.5) is 0 Å². The first-order chi connectivity index (χ1) is 12.4. The quantitative estimate of drug-likeness (QED) is 0.635. The normalized spacial score (nSPS) is 11.5. The molecule has 0 radical (unpaired) electrons. The number of nitrogens with zero attached hydrogens (tertiary/aromatic N) is 3. The van der Waals surface area contributed by atoms with Gasteiger partial charge in [-0.3, -0.25) is 0 Å². The summed E-state index contributed by atoms with van der Waals surface area (Å²) in [6.45, 7) is 5.12. The Bertz CT molecular complexity index is 913. The van der Waals surface area contributed by atoms with E-state index in [-0.39, 0.29) is 12.1 Å². The fourth-order valence-corrected chi connectivity index (χ4v) is 2.97. The minimum Gasteiger partial charge on any atom is -0.459 e. The van der Waals surface area contributed by atoms with Gasteiger partial charge in [-0.15, -0.1) is 0 Å². The van der Waals surface area contributed by atoms with E-state index in [4.69, 9.17) is 9.72 Å². The number of hydrogen-bond donors (Lipinski definition) is 0. The van der Waals surface area contributed by atoms with Crippen molar-refractivity contribution >= 4 is 17.0 Å². The standard InChI is InChI=1S/C21H25N3O2/c1-15(2)26-21(25)17-9-7-8-16(12-17)13-24-19-11-6-5-10-18(19)22-20(24)14-23(3)4/h5-12,15H,13-14H2,1-4H3. The van der Waals surface area contributed by atoms with E-state index in [1.165, 1.54) is 0 Å². The third kappa shape index (κ3) is 4.11. The number of esters is 1. The average Bonchev–Trinajstić information content (AvgIpc) is 2.91. The number of imidazole rings is 1. The number of carbonyl (C=O) groups is 1. The number of ether oxygens (including phenoxy) is 1. The summed E-state index contributed by atoms with van der Waals surface area (Å²) in [5, 5.41) is 0. The van der Waals surface area contributed by atoms with Crippen LogP contribution in [0.25, 0.3) is 11.0 Å². The Morgan fingerprint density at radius 2 is 1.92 bits per heavy atom. The molecule has 0 N–H and O–H groups in total. The molecule has 0 bridgehead atoms. The van der Waals surface area contributed by atoms with Crippen molar-refractivity contribution in [3.63, 3.8) is 0 Å². The van der Waals surface area contributed by atoms with E-state index in [0.717, 1.165) is 29.0 Å². The van der Waals surface area contributed by atoms with E-state index < -0.39 is 0 Å². The molecular formula is C21H25N3O2. The van der Waals surface area contributed by atoms with E-state index in [9.17, 15) is 4.79 Å². The number of carbonyl (C=O) groups excluding carboxylic acids is 1. The molecule has 0 amide bonds. The molecule has 0 aliphatic carbocycles. The molecule has 0 aliphatic heterocycles. The van der Waals surface area contributed by atoms with E-state index >= 15 is 0 Å². The second-order valence-corrected chi connectivity index (χ2v) is 7.00. The zero-order valence-electron chi connectivity index (χ0n) is 15.8. The summed E-state index contributed by atoms with van der Waals surface area (Å²) >= 11 is 0. The smallest absolute Gasteiger partial charge is 0.338 e. The predicted molar refractivity (Wildman–Crippen MR) is 103 cm³/mol. The first-order valence-corrected chi connectivity index (χ1v) is 8.83. The van der Waals surface area contributed by atoms with Crippen molar-refractivity contribution in [1.82, 2.24) is 14.5 Å². The molecule has 1 aromatic heterocycles. The molecule has 5 heteroatoms. The number of hydrogen-bond acceptors (Lipinski definition) is 4. The fourth-order valence-electron chi connectivity index (χ4n) is 2.97.